The van der Waals surface area contributed by atoms with Crippen molar-refractivity contribution in [3.8, 4) is 0 Å². The van der Waals surface area contributed by atoms with Crippen molar-refractivity contribution in [3.05, 3.63) is 83.4 Å². The Morgan fingerprint density at radius 3 is 2.25 bits per heavy atom. The third-order valence-electron chi connectivity index (χ3n) is 12.3. The number of methoxy groups -OCH3 is 1. The van der Waals surface area contributed by atoms with Crippen molar-refractivity contribution in [1.29, 1.82) is 0 Å². The number of allylic oxidation sites excluding steroid dienone is 1. The molecule has 11 nitrogen and oxygen atoms in total. The van der Waals surface area contributed by atoms with Gasteiger partial charge in [0, 0.05) is 31.5 Å². The third-order valence-corrected chi connectivity index (χ3v) is 12.3. The van der Waals surface area contributed by atoms with E-state index in [1.807, 2.05) is 77.9 Å². The van der Waals surface area contributed by atoms with Crippen LogP contribution in [-0.2, 0) is 35.0 Å². The number of carbonyl (C=O) groups excluding carboxylic acids is 2. The Morgan fingerprint density at radius 1 is 1.02 bits per heavy atom. The fraction of sp³-hybridized carbons (Fsp3) is 0.652. The zero-order valence-corrected chi connectivity index (χ0v) is 36.1. The Morgan fingerprint density at radius 2 is 1.65 bits per heavy atom. The Balaban J connectivity index is 1.80. The van der Waals surface area contributed by atoms with E-state index in [2.05, 4.69) is 30.4 Å². The van der Waals surface area contributed by atoms with E-state index in [1.165, 1.54) is 0 Å². The summed E-state index contributed by atoms with van der Waals surface area (Å²) >= 11 is 0. The summed E-state index contributed by atoms with van der Waals surface area (Å²) in [5.41, 5.74) is -0.0107. The summed E-state index contributed by atoms with van der Waals surface area (Å²) < 4.78 is 32.2. The van der Waals surface area contributed by atoms with Gasteiger partial charge in [0.1, 0.15) is 23.9 Å². The van der Waals surface area contributed by atoms with Gasteiger partial charge >= 0.3 is 11.9 Å². The first-order chi connectivity index (χ1) is 26.9. The summed E-state index contributed by atoms with van der Waals surface area (Å²) in [7, 11) is 5.46. The second-order valence-corrected chi connectivity index (χ2v) is 17.2. The molecule has 0 bridgehead atoms. The van der Waals surface area contributed by atoms with E-state index < -0.39 is 65.7 Å². The Labute approximate surface area is 341 Å². The number of hydrogen-bond donors (Lipinski definition) is 3. The first-order valence-electron chi connectivity index (χ1n) is 20.8. The summed E-state index contributed by atoms with van der Waals surface area (Å²) in [6.07, 6.45) is -0.819. The van der Waals surface area contributed by atoms with Gasteiger partial charge in [-0.25, -0.2) is 4.79 Å². The average molecular weight is 795 g/mol. The van der Waals surface area contributed by atoms with Crippen molar-refractivity contribution < 1.29 is 43.5 Å². The van der Waals surface area contributed by atoms with Crippen LogP contribution in [0.3, 0.4) is 0 Å². The second-order valence-electron chi connectivity index (χ2n) is 17.2. The molecule has 13 atom stereocenters. The summed E-state index contributed by atoms with van der Waals surface area (Å²) in [6, 6.07) is 18.6. The minimum Gasteiger partial charge on any atom is -0.459 e. The number of hydrogen-bond acceptors (Lipinski definition) is 11. The molecule has 318 valence electrons. The number of likely N-dealkylation sites (N-methyl/N-ethyl adjacent to an activating group) is 1. The molecule has 2 aliphatic rings. The molecule has 0 aliphatic carbocycles. The van der Waals surface area contributed by atoms with Crippen molar-refractivity contribution in [1.82, 2.24) is 10.2 Å². The van der Waals surface area contributed by atoms with Gasteiger partial charge in [-0.15, -0.1) is 0 Å². The third kappa shape index (κ3) is 11.7. The summed E-state index contributed by atoms with van der Waals surface area (Å²) in [6.45, 7) is 16.6. The number of cyclic esters (lactones) is 1. The maximum absolute atomic E-state index is 14.4. The van der Waals surface area contributed by atoms with Crippen LogP contribution in [0.2, 0.25) is 0 Å². The van der Waals surface area contributed by atoms with E-state index in [-0.39, 0.29) is 24.0 Å². The molecule has 0 aromatic heterocycles. The topological polar surface area (TPSA) is 136 Å². The summed E-state index contributed by atoms with van der Waals surface area (Å²) in [5, 5.41) is 27.6. The Hall–Kier alpha value is -3.16. The van der Waals surface area contributed by atoms with Gasteiger partial charge in [0.25, 0.3) is 0 Å². The number of rotatable bonds is 12. The highest BCUT2D eigenvalue weighted by atomic mass is 16.7. The highest BCUT2D eigenvalue weighted by Gasteiger charge is 2.51. The molecule has 11 heteroatoms. The number of carbonyl (C=O) groups is 2. The number of esters is 2. The van der Waals surface area contributed by atoms with Crippen LogP contribution in [0.15, 0.2) is 72.3 Å². The Kier molecular flexibility index (Phi) is 16.9. The molecule has 2 aromatic rings. The van der Waals surface area contributed by atoms with Crippen molar-refractivity contribution in [3.63, 3.8) is 0 Å². The first kappa shape index (κ1) is 46.5. The Bertz CT molecular complexity index is 1590. The normalized spacial score (nSPS) is 36.8. The molecule has 0 spiro atoms. The minimum absolute atomic E-state index is 0.0808. The van der Waals surface area contributed by atoms with Crippen LogP contribution < -0.4 is 5.32 Å². The molecule has 2 aromatic carbocycles. The molecule has 2 heterocycles. The molecule has 57 heavy (non-hydrogen) atoms. The molecule has 1 saturated heterocycles. The van der Waals surface area contributed by atoms with E-state index in [1.54, 1.807) is 45.2 Å². The molecule has 0 radical (unpaired) electrons. The first-order valence-corrected chi connectivity index (χ1v) is 20.8. The number of nitrogens with one attached hydrogen (secondary N) is 1. The van der Waals surface area contributed by atoms with Gasteiger partial charge < -0.3 is 44.1 Å². The van der Waals surface area contributed by atoms with Crippen LogP contribution in [0.25, 0.3) is 0 Å². The smallest absolute Gasteiger partial charge is 0.338 e. The van der Waals surface area contributed by atoms with Crippen molar-refractivity contribution in [2.75, 3.05) is 27.7 Å². The average Bonchev–Trinajstić information content (AvgIpc) is 3.18. The molecule has 0 unspecified atom stereocenters. The van der Waals surface area contributed by atoms with Crippen LogP contribution in [0, 0.1) is 23.7 Å². The monoisotopic (exact) mass is 795 g/mol. The lowest BCUT2D eigenvalue weighted by Crippen LogP contribution is -2.60. The predicted molar refractivity (Wildman–Crippen MR) is 221 cm³/mol. The van der Waals surface area contributed by atoms with E-state index >= 15 is 0 Å². The van der Waals surface area contributed by atoms with Crippen LogP contribution in [0.4, 0.5) is 0 Å². The molecule has 4 rings (SSSR count). The lowest BCUT2D eigenvalue weighted by molar-refractivity contribution is -0.301. The van der Waals surface area contributed by atoms with Crippen molar-refractivity contribution >= 4 is 11.9 Å². The van der Waals surface area contributed by atoms with Crippen LogP contribution in [0.1, 0.15) is 97.0 Å². The maximum Gasteiger partial charge on any atom is 0.338 e. The highest BCUT2D eigenvalue weighted by Crippen LogP contribution is 2.41. The predicted octanol–water partition coefficient (Wildman–Crippen LogP) is 6.56. The fourth-order valence-electron chi connectivity index (χ4n) is 9.08. The lowest BCUT2D eigenvalue weighted by Gasteiger charge is -2.48. The molecule has 0 saturated carbocycles. The maximum atomic E-state index is 14.4. The van der Waals surface area contributed by atoms with E-state index in [0.29, 0.717) is 44.3 Å². The summed E-state index contributed by atoms with van der Waals surface area (Å²) in [5.74, 6) is -3.33. The fourth-order valence-corrected chi connectivity index (χ4v) is 9.08. The SMILES string of the molecule is CC[C@H]1OC(=O)[C@H](C)[C@H](OC(=O)c2ccccc2)[C@H](C)[C@@H](O[C@@H]2O[C@H](C)C[C@H](N(C)C)[C@H]2O)[C@](C)(OC)C[C@@H](C)/C=C(/C)[C@@H](CCNCc2ccccc2)[C@]1(C)O. The molecule has 1 fully saturated rings. The summed E-state index contributed by atoms with van der Waals surface area (Å²) in [4.78, 5) is 30.2. The van der Waals surface area contributed by atoms with Crippen LogP contribution in [0.5, 0.6) is 0 Å². The quantitative estimate of drug-likeness (QED) is 0.123. The van der Waals surface area contributed by atoms with E-state index in [0.717, 1.165) is 11.1 Å². The van der Waals surface area contributed by atoms with E-state index in [4.69, 9.17) is 23.7 Å². The molecule has 3 N–H and O–H groups in total. The largest absolute Gasteiger partial charge is 0.459 e. The van der Waals surface area contributed by atoms with Crippen molar-refractivity contribution in [2.45, 2.75) is 142 Å². The van der Waals surface area contributed by atoms with Gasteiger partial charge in [0.05, 0.1) is 29.3 Å². The second kappa shape index (κ2) is 20.7. The van der Waals surface area contributed by atoms with Gasteiger partial charge in [-0.2, -0.15) is 0 Å². The molecular weight excluding hydrogens is 725 g/mol. The van der Waals surface area contributed by atoms with Gasteiger partial charge in [-0.05, 0) is 105 Å². The zero-order valence-electron chi connectivity index (χ0n) is 36.1. The van der Waals surface area contributed by atoms with Gasteiger partial charge in [-0.3, -0.25) is 4.79 Å². The van der Waals surface area contributed by atoms with Gasteiger partial charge in [0.2, 0.25) is 0 Å². The lowest BCUT2D eigenvalue weighted by atomic mass is 9.74. The van der Waals surface area contributed by atoms with Crippen LogP contribution in [-0.4, -0.2) is 109 Å². The number of aliphatic hydroxyl groups is 2. The van der Waals surface area contributed by atoms with E-state index in [9.17, 15) is 19.8 Å². The molecule has 0 amide bonds. The number of nitrogens with zero attached hydrogens (tertiary/aromatic N) is 1. The number of ether oxygens (including phenoxy) is 5. The molecular formula is C46H70N2O9. The highest BCUT2D eigenvalue weighted by molar-refractivity contribution is 5.89. The van der Waals surface area contributed by atoms with Crippen molar-refractivity contribution in [2.24, 2.45) is 23.7 Å². The standard InChI is InChI=1S/C46H70N2O9/c1-12-38-46(8,52)36(23-24-47-28-34-19-15-13-16-20-34)30(3)25-29(2)27-45(7,53-11)41(57-44-39(49)37(48(9)10)26-31(4)54-44)32(5)40(33(6)42(50)55-38)56-43(51)35-21-17-14-18-22-35/h13-22,25,29,31-33,36-41,44,47,49,52H,12,23-24,26-28H2,1-11H3/b30-25-/t29-,31+,32-,33+,36+,37-,38+,39+,40+,41+,44-,45+,46-/m0/s1. The van der Waals surface area contributed by atoms with Crippen LogP contribution >= 0.6 is 0 Å². The zero-order chi connectivity index (χ0) is 42.1. The molecule has 2 aliphatic heterocycles. The minimum atomic E-state index is -1.44. The van der Waals surface area contributed by atoms with Gasteiger partial charge in [-0.1, -0.05) is 81.0 Å². The van der Waals surface area contributed by atoms with Gasteiger partial charge in [0.15, 0.2) is 6.29 Å². The number of benzene rings is 2. The number of aliphatic hydroxyl groups excluding tert-OH is 1.